The van der Waals surface area contributed by atoms with Crippen molar-refractivity contribution in [3.05, 3.63) is 18.1 Å². The van der Waals surface area contributed by atoms with Gasteiger partial charge in [0, 0.05) is 23.1 Å². The Bertz CT molecular complexity index is 369. The molecule has 1 aliphatic carbocycles. The van der Waals surface area contributed by atoms with E-state index in [9.17, 15) is 0 Å². The van der Waals surface area contributed by atoms with Gasteiger partial charge in [-0.2, -0.15) is 11.8 Å². The first-order valence-corrected chi connectivity index (χ1v) is 7.49. The number of hydrogen-bond acceptors (Lipinski definition) is 4. The highest BCUT2D eigenvalue weighted by Crippen LogP contribution is 2.42. The lowest BCUT2D eigenvalue weighted by Crippen LogP contribution is -2.40. The lowest BCUT2D eigenvalue weighted by Gasteiger charge is -2.40. The molecule has 0 spiro atoms. The summed E-state index contributed by atoms with van der Waals surface area (Å²) >= 11 is 1.98. The van der Waals surface area contributed by atoms with E-state index in [-0.39, 0.29) is 0 Å². The summed E-state index contributed by atoms with van der Waals surface area (Å²) in [5.74, 6) is 1.42. The highest BCUT2D eigenvalue weighted by Gasteiger charge is 2.35. The van der Waals surface area contributed by atoms with E-state index in [2.05, 4.69) is 41.5 Å². The average molecular weight is 251 g/mol. The maximum Gasteiger partial charge on any atom is 0.129 e. The standard InChI is InChI=1S/C13H21N3S/c1-10(2)11-7-12(16-9-15-11)14-8-13(17-3)5-4-6-13/h7,9-10H,4-6,8H2,1-3H3,(H,14,15,16). The average Bonchev–Trinajstić information content (AvgIpc) is 2.28. The zero-order valence-electron chi connectivity index (χ0n) is 10.9. The Morgan fingerprint density at radius 3 is 2.71 bits per heavy atom. The highest BCUT2D eigenvalue weighted by molar-refractivity contribution is 8.00. The summed E-state index contributed by atoms with van der Waals surface area (Å²) in [7, 11) is 0. The van der Waals surface area contributed by atoms with Gasteiger partial charge in [-0.15, -0.1) is 0 Å². The molecule has 1 heterocycles. The second-order valence-electron chi connectivity index (χ2n) is 5.08. The first-order chi connectivity index (χ1) is 8.15. The van der Waals surface area contributed by atoms with Crippen molar-refractivity contribution in [1.29, 1.82) is 0 Å². The molecule has 1 saturated carbocycles. The van der Waals surface area contributed by atoms with Gasteiger partial charge in [0.15, 0.2) is 0 Å². The normalized spacial score (nSPS) is 17.9. The molecule has 1 aromatic heterocycles. The molecule has 0 atom stereocenters. The van der Waals surface area contributed by atoms with Gasteiger partial charge in [0.1, 0.15) is 12.1 Å². The quantitative estimate of drug-likeness (QED) is 0.871. The molecule has 1 aliphatic rings. The molecule has 1 aromatic rings. The van der Waals surface area contributed by atoms with Gasteiger partial charge >= 0.3 is 0 Å². The maximum atomic E-state index is 4.29. The summed E-state index contributed by atoms with van der Waals surface area (Å²) < 4.78 is 0.447. The molecule has 0 unspecified atom stereocenters. The van der Waals surface area contributed by atoms with Crippen molar-refractivity contribution in [3.63, 3.8) is 0 Å². The van der Waals surface area contributed by atoms with Crippen molar-refractivity contribution in [2.45, 2.75) is 43.8 Å². The second kappa shape index (κ2) is 5.25. The van der Waals surface area contributed by atoms with Crippen molar-refractivity contribution in [1.82, 2.24) is 9.97 Å². The minimum atomic E-state index is 0.447. The van der Waals surface area contributed by atoms with Gasteiger partial charge in [-0.25, -0.2) is 9.97 Å². The molecule has 0 amide bonds. The Kier molecular flexibility index (Phi) is 3.92. The highest BCUT2D eigenvalue weighted by atomic mass is 32.2. The van der Waals surface area contributed by atoms with E-state index in [1.807, 2.05) is 11.8 Å². The van der Waals surface area contributed by atoms with E-state index in [4.69, 9.17) is 0 Å². The van der Waals surface area contributed by atoms with Crippen LogP contribution in [0.1, 0.15) is 44.7 Å². The van der Waals surface area contributed by atoms with Gasteiger partial charge < -0.3 is 5.32 Å². The molecule has 2 rings (SSSR count). The second-order valence-corrected chi connectivity index (χ2v) is 6.35. The van der Waals surface area contributed by atoms with Crippen LogP contribution in [-0.2, 0) is 0 Å². The fraction of sp³-hybridized carbons (Fsp3) is 0.692. The SMILES string of the molecule is CSC1(CNc2cc(C(C)C)ncn2)CCC1. The van der Waals surface area contributed by atoms with E-state index < -0.39 is 0 Å². The molecule has 0 aromatic carbocycles. The minimum Gasteiger partial charge on any atom is -0.369 e. The topological polar surface area (TPSA) is 37.8 Å². The molecular weight excluding hydrogens is 230 g/mol. The molecule has 0 bridgehead atoms. The van der Waals surface area contributed by atoms with Crippen molar-refractivity contribution in [2.24, 2.45) is 0 Å². The number of thioether (sulfide) groups is 1. The van der Waals surface area contributed by atoms with Crippen LogP contribution in [0.2, 0.25) is 0 Å². The summed E-state index contributed by atoms with van der Waals surface area (Å²) in [6.07, 6.45) is 7.88. The van der Waals surface area contributed by atoms with Crippen molar-refractivity contribution >= 4 is 17.6 Å². The molecule has 3 nitrogen and oxygen atoms in total. The number of rotatable bonds is 5. The number of anilines is 1. The first kappa shape index (κ1) is 12.7. The smallest absolute Gasteiger partial charge is 0.129 e. The summed E-state index contributed by atoms with van der Waals surface area (Å²) in [4.78, 5) is 8.57. The lowest BCUT2D eigenvalue weighted by atomic mass is 9.84. The molecule has 0 aliphatic heterocycles. The van der Waals surface area contributed by atoms with Crippen LogP contribution in [0.5, 0.6) is 0 Å². The van der Waals surface area contributed by atoms with E-state index in [1.54, 1.807) is 6.33 Å². The van der Waals surface area contributed by atoms with Crippen LogP contribution in [0, 0.1) is 0 Å². The van der Waals surface area contributed by atoms with Crippen LogP contribution < -0.4 is 5.32 Å². The van der Waals surface area contributed by atoms with Crippen molar-refractivity contribution in [3.8, 4) is 0 Å². The summed E-state index contributed by atoms with van der Waals surface area (Å²) in [6.45, 7) is 5.32. The van der Waals surface area contributed by atoms with Gasteiger partial charge in [-0.05, 0) is 25.0 Å². The predicted molar refractivity (Wildman–Crippen MR) is 74.7 cm³/mol. The predicted octanol–water partition coefficient (Wildman–Crippen LogP) is 3.30. The van der Waals surface area contributed by atoms with Crippen LogP contribution in [0.15, 0.2) is 12.4 Å². The van der Waals surface area contributed by atoms with Crippen molar-refractivity contribution in [2.75, 3.05) is 18.1 Å². The van der Waals surface area contributed by atoms with Gasteiger partial charge in [-0.3, -0.25) is 0 Å². The fourth-order valence-corrected chi connectivity index (χ4v) is 2.97. The molecule has 1 N–H and O–H groups in total. The molecule has 0 radical (unpaired) electrons. The van der Waals surface area contributed by atoms with E-state index in [1.165, 1.54) is 19.3 Å². The Hall–Kier alpha value is -0.770. The third-order valence-corrected chi connectivity index (χ3v) is 4.99. The Morgan fingerprint density at radius 2 is 2.18 bits per heavy atom. The van der Waals surface area contributed by atoms with Crippen molar-refractivity contribution < 1.29 is 0 Å². The molecule has 17 heavy (non-hydrogen) atoms. The van der Waals surface area contributed by atoms with Gasteiger partial charge in [0.2, 0.25) is 0 Å². The van der Waals surface area contributed by atoms with Crippen LogP contribution in [-0.4, -0.2) is 27.5 Å². The number of aromatic nitrogens is 2. The summed E-state index contributed by atoms with van der Waals surface area (Å²) in [5.41, 5.74) is 1.11. The molecule has 1 fully saturated rings. The van der Waals surface area contributed by atoms with E-state index in [0.717, 1.165) is 18.1 Å². The van der Waals surface area contributed by atoms with Gasteiger partial charge in [-0.1, -0.05) is 20.3 Å². The lowest BCUT2D eigenvalue weighted by molar-refractivity contribution is 0.379. The van der Waals surface area contributed by atoms with E-state index in [0.29, 0.717) is 10.7 Å². The van der Waals surface area contributed by atoms with E-state index >= 15 is 0 Å². The molecule has 0 saturated heterocycles. The van der Waals surface area contributed by atoms with Crippen LogP contribution >= 0.6 is 11.8 Å². The number of hydrogen-bond donors (Lipinski definition) is 1. The van der Waals surface area contributed by atoms with Gasteiger partial charge in [0.25, 0.3) is 0 Å². The Labute approximate surface area is 108 Å². The molecule has 94 valence electrons. The van der Waals surface area contributed by atoms with Gasteiger partial charge in [0.05, 0.1) is 0 Å². The largest absolute Gasteiger partial charge is 0.369 e. The zero-order chi connectivity index (χ0) is 12.3. The molecule has 4 heteroatoms. The number of nitrogens with zero attached hydrogens (tertiary/aromatic N) is 2. The third-order valence-electron chi connectivity index (χ3n) is 3.57. The number of nitrogens with one attached hydrogen (secondary N) is 1. The summed E-state index contributed by atoms with van der Waals surface area (Å²) in [5, 5.41) is 3.46. The third kappa shape index (κ3) is 2.92. The van der Waals surface area contributed by atoms with Crippen LogP contribution in [0.3, 0.4) is 0 Å². The Balaban J connectivity index is 1.96. The van der Waals surface area contributed by atoms with Crippen LogP contribution in [0.4, 0.5) is 5.82 Å². The summed E-state index contributed by atoms with van der Waals surface area (Å²) in [6, 6.07) is 2.07. The minimum absolute atomic E-state index is 0.447. The fourth-order valence-electron chi connectivity index (χ4n) is 2.06. The molecular formula is C13H21N3S. The monoisotopic (exact) mass is 251 g/mol. The van der Waals surface area contributed by atoms with Crippen LogP contribution in [0.25, 0.3) is 0 Å². The zero-order valence-corrected chi connectivity index (χ0v) is 11.7. The first-order valence-electron chi connectivity index (χ1n) is 6.26. The Morgan fingerprint density at radius 1 is 1.41 bits per heavy atom. The maximum absolute atomic E-state index is 4.29.